The van der Waals surface area contributed by atoms with Gasteiger partial charge < -0.3 is 15.3 Å². The minimum atomic E-state index is -0.935. The molecule has 0 rings (SSSR count). The summed E-state index contributed by atoms with van der Waals surface area (Å²) in [7, 11) is 0. The topological polar surface area (TPSA) is 77.8 Å². The van der Waals surface area contributed by atoms with Gasteiger partial charge in [0.1, 0.15) is 0 Å². The fourth-order valence-corrected chi connectivity index (χ4v) is 0. The average Bonchev–Trinajstić information content (AvgIpc) is 1.90. The number of aliphatic hydroxyl groups is 2. The van der Waals surface area contributed by atoms with Gasteiger partial charge in [-0.15, -0.1) is 0 Å². The van der Waals surface area contributed by atoms with Crippen molar-refractivity contribution in [2.75, 3.05) is 13.2 Å². The van der Waals surface area contributed by atoms with Gasteiger partial charge >= 0.3 is 5.97 Å². The third-order valence-electron chi connectivity index (χ3n) is 0.365. The molecule has 0 spiro atoms. The molecule has 12 heavy (non-hydrogen) atoms. The molecule has 3 N–H and O–H groups in total. The smallest absolute Gasteiger partial charge is 0.330 e. The molecule has 0 heterocycles. The Hall–Kier alpha value is -0.870. The summed E-state index contributed by atoms with van der Waals surface area (Å²) >= 11 is 0. The van der Waals surface area contributed by atoms with E-state index in [4.69, 9.17) is 15.3 Å². The highest BCUT2D eigenvalue weighted by Crippen LogP contribution is 1.81. The number of rotatable bonds is 1. The van der Waals surface area contributed by atoms with Crippen molar-refractivity contribution in [1.29, 1.82) is 0 Å². The third kappa shape index (κ3) is 61.6. The van der Waals surface area contributed by atoms with Crippen molar-refractivity contribution in [2.45, 2.75) is 20.8 Å². The second-order valence-electron chi connectivity index (χ2n) is 1.72. The summed E-state index contributed by atoms with van der Waals surface area (Å²) in [6.45, 7) is 8.46. The summed E-state index contributed by atoms with van der Waals surface area (Å²) < 4.78 is 0. The SMILES string of the molecule is C=C(C)C(=O)O.CCO.CCO. The van der Waals surface area contributed by atoms with Crippen molar-refractivity contribution in [3.63, 3.8) is 0 Å². The van der Waals surface area contributed by atoms with E-state index >= 15 is 0 Å². The number of aliphatic carboxylic acids is 1. The van der Waals surface area contributed by atoms with Crippen LogP contribution in [-0.2, 0) is 4.79 Å². The maximum atomic E-state index is 9.60. The van der Waals surface area contributed by atoms with Gasteiger partial charge in [-0.1, -0.05) is 6.58 Å². The molecule has 0 bridgehead atoms. The first-order valence-electron chi connectivity index (χ1n) is 3.58. The lowest BCUT2D eigenvalue weighted by Gasteiger charge is -1.79. The van der Waals surface area contributed by atoms with Crippen molar-refractivity contribution >= 4 is 5.97 Å². The zero-order valence-corrected chi connectivity index (χ0v) is 7.87. The van der Waals surface area contributed by atoms with Gasteiger partial charge in [-0.25, -0.2) is 4.79 Å². The highest BCUT2D eigenvalue weighted by molar-refractivity contribution is 5.84. The first-order chi connectivity index (χ1) is 5.47. The summed E-state index contributed by atoms with van der Waals surface area (Å²) in [6, 6.07) is 0. The lowest BCUT2D eigenvalue weighted by atomic mass is 10.4. The van der Waals surface area contributed by atoms with Crippen molar-refractivity contribution in [2.24, 2.45) is 0 Å². The molecule has 0 aliphatic carbocycles. The van der Waals surface area contributed by atoms with Crippen LogP contribution in [0.3, 0.4) is 0 Å². The highest BCUT2D eigenvalue weighted by atomic mass is 16.4. The van der Waals surface area contributed by atoms with Gasteiger partial charge in [-0.3, -0.25) is 0 Å². The van der Waals surface area contributed by atoms with Crippen LogP contribution in [0.1, 0.15) is 20.8 Å². The normalized spacial score (nSPS) is 6.75. The van der Waals surface area contributed by atoms with Gasteiger partial charge in [0.25, 0.3) is 0 Å². The van der Waals surface area contributed by atoms with Gasteiger partial charge in [0.15, 0.2) is 0 Å². The lowest BCUT2D eigenvalue weighted by molar-refractivity contribution is -0.132. The molecule has 0 saturated carbocycles. The Balaban J connectivity index is -0.000000115. The van der Waals surface area contributed by atoms with Crippen LogP contribution in [0.4, 0.5) is 0 Å². The number of carboxylic acid groups (broad SMARTS) is 1. The van der Waals surface area contributed by atoms with Gasteiger partial charge in [-0.05, 0) is 20.8 Å². The van der Waals surface area contributed by atoms with Crippen LogP contribution >= 0.6 is 0 Å². The first-order valence-corrected chi connectivity index (χ1v) is 3.58. The number of hydrogen-bond acceptors (Lipinski definition) is 3. The van der Waals surface area contributed by atoms with E-state index in [0.29, 0.717) is 0 Å². The molecule has 0 unspecified atom stereocenters. The van der Waals surface area contributed by atoms with Gasteiger partial charge in [0.2, 0.25) is 0 Å². The maximum absolute atomic E-state index is 9.60. The average molecular weight is 178 g/mol. The summed E-state index contributed by atoms with van der Waals surface area (Å²) in [6.07, 6.45) is 0. The predicted molar refractivity (Wildman–Crippen MR) is 48.0 cm³/mol. The monoisotopic (exact) mass is 178 g/mol. The number of carbonyl (C=O) groups is 1. The molecule has 4 nitrogen and oxygen atoms in total. The Morgan fingerprint density at radius 3 is 1.33 bits per heavy atom. The number of hydrogen-bond donors (Lipinski definition) is 3. The quantitative estimate of drug-likeness (QED) is 0.515. The van der Waals surface area contributed by atoms with Crippen LogP contribution in [0.25, 0.3) is 0 Å². The Kier molecular flexibility index (Phi) is 23.9. The Morgan fingerprint density at radius 2 is 1.33 bits per heavy atom. The fraction of sp³-hybridized carbons (Fsp3) is 0.625. The Morgan fingerprint density at radius 1 is 1.25 bits per heavy atom. The van der Waals surface area contributed by atoms with Crippen LogP contribution in [0.2, 0.25) is 0 Å². The van der Waals surface area contributed by atoms with Crippen LogP contribution in [-0.4, -0.2) is 34.5 Å². The van der Waals surface area contributed by atoms with E-state index in [-0.39, 0.29) is 18.8 Å². The molecule has 0 aliphatic heterocycles. The third-order valence-corrected chi connectivity index (χ3v) is 0.365. The minimum absolute atomic E-state index is 0.176. The van der Waals surface area contributed by atoms with Crippen LogP contribution < -0.4 is 0 Å². The van der Waals surface area contributed by atoms with E-state index < -0.39 is 5.97 Å². The van der Waals surface area contributed by atoms with Crippen molar-refractivity contribution in [3.05, 3.63) is 12.2 Å². The minimum Gasteiger partial charge on any atom is -0.478 e. The summed E-state index contributed by atoms with van der Waals surface area (Å²) in [5, 5.41) is 23.0. The van der Waals surface area contributed by atoms with E-state index in [9.17, 15) is 4.79 Å². The van der Waals surface area contributed by atoms with Crippen molar-refractivity contribution in [1.82, 2.24) is 0 Å². The standard InChI is InChI=1S/C4H6O2.2C2H6O/c1-3(2)4(5)6;2*1-2-3/h1H2,2H3,(H,5,6);2*3H,2H2,1H3. The molecule has 0 aromatic rings. The molecule has 0 fully saturated rings. The molecular weight excluding hydrogens is 160 g/mol. The second kappa shape index (κ2) is 16.6. The maximum Gasteiger partial charge on any atom is 0.330 e. The first kappa shape index (κ1) is 17.3. The zero-order valence-electron chi connectivity index (χ0n) is 7.87. The highest BCUT2D eigenvalue weighted by Gasteiger charge is 1.90. The van der Waals surface area contributed by atoms with E-state index in [0.717, 1.165) is 0 Å². The molecule has 0 aromatic carbocycles. The van der Waals surface area contributed by atoms with E-state index in [2.05, 4.69) is 6.58 Å². The molecule has 4 heteroatoms. The molecule has 0 aromatic heterocycles. The Labute approximate surface area is 73.2 Å². The van der Waals surface area contributed by atoms with Gasteiger partial charge in [0, 0.05) is 18.8 Å². The molecule has 74 valence electrons. The second-order valence-corrected chi connectivity index (χ2v) is 1.72. The zero-order chi connectivity index (χ0) is 10.6. The van der Waals surface area contributed by atoms with E-state index in [1.165, 1.54) is 6.92 Å². The molecule has 0 aliphatic rings. The molecule has 0 radical (unpaired) electrons. The molecular formula is C8H18O4. The number of carboxylic acids is 1. The summed E-state index contributed by atoms with van der Waals surface area (Å²) in [4.78, 5) is 9.60. The van der Waals surface area contributed by atoms with Crippen molar-refractivity contribution in [3.8, 4) is 0 Å². The van der Waals surface area contributed by atoms with Crippen molar-refractivity contribution < 1.29 is 20.1 Å². The molecule has 0 atom stereocenters. The lowest BCUT2D eigenvalue weighted by Crippen LogP contribution is -1.92. The van der Waals surface area contributed by atoms with Crippen LogP contribution in [0, 0.1) is 0 Å². The van der Waals surface area contributed by atoms with E-state index in [1.807, 2.05) is 0 Å². The number of aliphatic hydroxyl groups excluding tert-OH is 2. The summed E-state index contributed by atoms with van der Waals surface area (Å²) in [5.41, 5.74) is 0.176. The fourth-order valence-electron chi connectivity index (χ4n) is 0. The van der Waals surface area contributed by atoms with Crippen LogP contribution in [0.15, 0.2) is 12.2 Å². The molecule has 0 saturated heterocycles. The largest absolute Gasteiger partial charge is 0.478 e. The van der Waals surface area contributed by atoms with Gasteiger partial charge in [-0.2, -0.15) is 0 Å². The van der Waals surface area contributed by atoms with Crippen LogP contribution in [0.5, 0.6) is 0 Å². The summed E-state index contributed by atoms with van der Waals surface area (Å²) in [5.74, 6) is -0.935. The molecule has 0 amide bonds. The predicted octanol–water partition coefficient (Wildman–Crippen LogP) is 0.644. The Bertz CT molecular complexity index is 95.6. The van der Waals surface area contributed by atoms with E-state index in [1.54, 1.807) is 13.8 Å². The van der Waals surface area contributed by atoms with Gasteiger partial charge in [0.05, 0.1) is 0 Å².